The Morgan fingerprint density at radius 1 is 1.30 bits per heavy atom. The number of rotatable bonds is 4. The second-order valence-electron chi connectivity index (χ2n) is 6.24. The quantitative estimate of drug-likeness (QED) is 0.937. The number of carbonyl (C=O) groups is 1. The lowest BCUT2D eigenvalue weighted by Gasteiger charge is -2.30. The lowest BCUT2D eigenvalue weighted by atomic mass is 9.96. The average Bonchev–Trinajstić information content (AvgIpc) is 3.18. The third kappa shape index (κ3) is 3.38. The van der Waals surface area contributed by atoms with E-state index in [0.717, 1.165) is 18.9 Å². The Labute approximate surface area is 139 Å². The zero-order valence-electron chi connectivity index (χ0n) is 12.8. The molecule has 0 aliphatic carbocycles. The topological polar surface area (TPSA) is 54.5 Å². The number of nitrogens with one attached hydrogen (secondary N) is 1. The SMILES string of the molecule is O=C(N[C@@H]1C[C@@H]2CCN(C2)C1)c1ccc(Oc2nccs2)cc1. The van der Waals surface area contributed by atoms with E-state index in [9.17, 15) is 4.79 Å². The molecule has 5 nitrogen and oxygen atoms in total. The molecule has 2 fully saturated rings. The molecule has 3 heterocycles. The highest BCUT2D eigenvalue weighted by Gasteiger charge is 2.32. The molecule has 1 unspecified atom stereocenters. The molecule has 0 spiro atoms. The maximum absolute atomic E-state index is 12.4. The molecule has 0 radical (unpaired) electrons. The molecular weight excluding hydrogens is 310 g/mol. The number of ether oxygens (including phenoxy) is 1. The van der Waals surface area contributed by atoms with Gasteiger partial charge in [-0.2, -0.15) is 0 Å². The lowest BCUT2D eigenvalue weighted by Crippen LogP contribution is -2.46. The summed E-state index contributed by atoms with van der Waals surface area (Å²) in [7, 11) is 0. The van der Waals surface area contributed by atoms with Gasteiger partial charge in [-0.05, 0) is 49.6 Å². The molecule has 1 amide bonds. The first-order chi connectivity index (χ1) is 11.3. The monoisotopic (exact) mass is 329 g/mol. The molecule has 2 aliphatic heterocycles. The van der Waals surface area contributed by atoms with Crippen LogP contribution in [0.15, 0.2) is 35.8 Å². The van der Waals surface area contributed by atoms with Crippen molar-refractivity contribution in [2.24, 2.45) is 5.92 Å². The molecule has 2 saturated heterocycles. The van der Waals surface area contributed by atoms with Gasteiger partial charge in [-0.1, -0.05) is 11.3 Å². The Bertz CT molecular complexity index is 660. The van der Waals surface area contributed by atoms with Crippen molar-refractivity contribution in [1.82, 2.24) is 15.2 Å². The fourth-order valence-corrected chi connectivity index (χ4v) is 3.97. The van der Waals surface area contributed by atoms with Gasteiger partial charge in [-0.25, -0.2) is 4.98 Å². The number of carbonyl (C=O) groups excluding carboxylic acids is 1. The standard InChI is InChI=1S/C17H19N3O2S/c21-16(19-14-9-12-5-7-20(10-12)11-14)13-1-3-15(4-2-13)22-17-18-6-8-23-17/h1-4,6,8,12,14H,5,7,9-11H2,(H,19,21)/t12-,14+/m0/s1. The zero-order valence-corrected chi connectivity index (χ0v) is 13.6. The van der Waals surface area contributed by atoms with Crippen molar-refractivity contribution < 1.29 is 9.53 Å². The fraction of sp³-hybridized carbons (Fsp3) is 0.412. The third-order valence-electron chi connectivity index (χ3n) is 4.53. The smallest absolute Gasteiger partial charge is 0.278 e. The van der Waals surface area contributed by atoms with Crippen LogP contribution < -0.4 is 10.1 Å². The van der Waals surface area contributed by atoms with Crippen molar-refractivity contribution >= 4 is 17.2 Å². The summed E-state index contributed by atoms with van der Waals surface area (Å²) in [5.41, 5.74) is 0.671. The van der Waals surface area contributed by atoms with Crippen LogP contribution in [0.2, 0.25) is 0 Å². The number of hydrogen-bond acceptors (Lipinski definition) is 5. The summed E-state index contributed by atoms with van der Waals surface area (Å²) in [6, 6.07) is 7.50. The molecule has 2 aromatic rings. The van der Waals surface area contributed by atoms with E-state index in [2.05, 4.69) is 15.2 Å². The largest absolute Gasteiger partial charge is 0.431 e. The Morgan fingerprint density at radius 3 is 2.91 bits per heavy atom. The van der Waals surface area contributed by atoms with Gasteiger partial charge in [0, 0.05) is 36.3 Å². The van der Waals surface area contributed by atoms with E-state index in [1.54, 1.807) is 18.3 Å². The van der Waals surface area contributed by atoms with E-state index in [1.165, 1.54) is 30.8 Å². The summed E-state index contributed by atoms with van der Waals surface area (Å²) in [6.07, 6.45) is 4.08. The van der Waals surface area contributed by atoms with Crippen molar-refractivity contribution in [3.05, 3.63) is 41.4 Å². The van der Waals surface area contributed by atoms with E-state index >= 15 is 0 Å². The van der Waals surface area contributed by atoms with Crippen LogP contribution >= 0.6 is 11.3 Å². The van der Waals surface area contributed by atoms with Crippen molar-refractivity contribution in [2.45, 2.75) is 18.9 Å². The highest BCUT2D eigenvalue weighted by molar-refractivity contribution is 7.11. The predicted molar refractivity (Wildman–Crippen MR) is 89.0 cm³/mol. The first kappa shape index (κ1) is 14.7. The molecular formula is C17H19N3O2S. The van der Waals surface area contributed by atoms with Crippen LogP contribution in [0.4, 0.5) is 0 Å². The minimum atomic E-state index is -0.00158. The van der Waals surface area contributed by atoms with E-state index in [-0.39, 0.29) is 11.9 Å². The molecule has 4 rings (SSSR count). The van der Waals surface area contributed by atoms with Crippen molar-refractivity contribution in [1.29, 1.82) is 0 Å². The summed E-state index contributed by atoms with van der Waals surface area (Å²) >= 11 is 1.44. The summed E-state index contributed by atoms with van der Waals surface area (Å²) < 4.78 is 5.61. The van der Waals surface area contributed by atoms with Crippen LogP contribution in [0.5, 0.6) is 10.9 Å². The second-order valence-corrected chi connectivity index (χ2v) is 7.10. The molecule has 2 aliphatic rings. The van der Waals surface area contributed by atoms with Crippen LogP contribution in [0.25, 0.3) is 0 Å². The first-order valence-corrected chi connectivity index (χ1v) is 8.85. The summed E-state index contributed by atoms with van der Waals surface area (Å²) in [4.78, 5) is 18.9. The van der Waals surface area contributed by atoms with Crippen molar-refractivity contribution in [2.75, 3.05) is 19.6 Å². The van der Waals surface area contributed by atoms with E-state index in [4.69, 9.17) is 4.74 Å². The van der Waals surface area contributed by atoms with Gasteiger partial charge in [-0.3, -0.25) is 4.79 Å². The van der Waals surface area contributed by atoms with E-state index < -0.39 is 0 Å². The van der Waals surface area contributed by atoms with Gasteiger partial charge >= 0.3 is 0 Å². The van der Waals surface area contributed by atoms with Crippen LogP contribution in [0.1, 0.15) is 23.2 Å². The van der Waals surface area contributed by atoms with Gasteiger partial charge in [0.25, 0.3) is 11.1 Å². The van der Waals surface area contributed by atoms with Crippen LogP contribution in [-0.4, -0.2) is 41.5 Å². The van der Waals surface area contributed by atoms with Crippen molar-refractivity contribution in [3.63, 3.8) is 0 Å². The highest BCUT2D eigenvalue weighted by atomic mass is 32.1. The number of thiazole rings is 1. The highest BCUT2D eigenvalue weighted by Crippen LogP contribution is 2.27. The molecule has 1 aromatic heterocycles. The van der Waals surface area contributed by atoms with Crippen LogP contribution in [-0.2, 0) is 0 Å². The Hall–Kier alpha value is -1.92. The number of benzene rings is 1. The van der Waals surface area contributed by atoms with Crippen molar-refractivity contribution in [3.8, 4) is 10.9 Å². The lowest BCUT2D eigenvalue weighted by molar-refractivity contribution is 0.0909. The second kappa shape index (κ2) is 6.29. The van der Waals surface area contributed by atoms with Gasteiger partial charge in [0.2, 0.25) is 0 Å². The molecule has 23 heavy (non-hydrogen) atoms. The Kier molecular flexibility index (Phi) is 4.01. The van der Waals surface area contributed by atoms with E-state index in [0.29, 0.717) is 16.5 Å². The number of fused-ring (bicyclic) bond motifs is 2. The molecule has 3 atom stereocenters. The molecule has 1 N–H and O–H groups in total. The van der Waals surface area contributed by atoms with Gasteiger partial charge in [-0.15, -0.1) is 0 Å². The van der Waals surface area contributed by atoms with Gasteiger partial charge in [0.15, 0.2) is 0 Å². The summed E-state index contributed by atoms with van der Waals surface area (Å²) in [5, 5.41) is 5.64. The maximum Gasteiger partial charge on any atom is 0.278 e. The van der Waals surface area contributed by atoms with Gasteiger partial charge in [0.05, 0.1) is 0 Å². The number of piperidine rings is 1. The minimum Gasteiger partial charge on any atom is -0.431 e. The molecule has 1 aromatic carbocycles. The van der Waals surface area contributed by atoms with Gasteiger partial charge < -0.3 is 15.0 Å². The number of amides is 1. The number of nitrogens with zero attached hydrogens (tertiary/aromatic N) is 2. The summed E-state index contributed by atoms with van der Waals surface area (Å²) in [5.74, 6) is 1.44. The predicted octanol–water partition coefficient (Wildman–Crippen LogP) is 2.76. The number of hydrogen-bond donors (Lipinski definition) is 1. The Balaban J connectivity index is 1.36. The Morgan fingerprint density at radius 2 is 2.17 bits per heavy atom. The molecule has 6 heteroatoms. The zero-order chi connectivity index (χ0) is 15.6. The van der Waals surface area contributed by atoms with E-state index in [1.807, 2.05) is 17.5 Å². The minimum absolute atomic E-state index is 0.00158. The van der Waals surface area contributed by atoms with Crippen LogP contribution in [0, 0.1) is 5.92 Å². The normalized spacial score (nSPS) is 26.0. The van der Waals surface area contributed by atoms with Gasteiger partial charge in [0.1, 0.15) is 5.75 Å². The summed E-state index contributed by atoms with van der Waals surface area (Å²) in [6.45, 7) is 3.36. The first-order valence-electron chi connectivity index (χ1n) is 7.97. The number of aromatic nitrogens is 1. The molecule has 2 bridgehead atoms. The molecule has 0 saturated carbocycles. The average molecular weight is 329 g/mol. The third-order valence-corrected chi connectivity index (χ3v) is 5.18. The maximum atomic E-state index is 12.4. The van der Waals surface area contributed by atoms with Crippen LogP contribution in [0.3, 0.4) is 0 Å². The fourth-order valence-electron chi connectivity index (χ4n) is 3.47. The molecule has 120 valence electrons.